The normalized spacial score (nSPS) is 10.6. The molecule has 0 aromatic heterocycles. The average Bonchev–Trinajstić information content (AvgIpc) is 2.47. The summed E-state index contributed by atoms with van der Waals surface area (Å²) < 4.78 is 2.34. The summed E-state index contributed by atoms with van der Waals surface area (Å²) in [5, 5.41) is 10.4. The largest absolute Gasteiger partial charge is 0.507 e. The third-order valence-corrected chi connectivity index (χ3v) is 4.63. The number of phenolic OH excluding ortho intramolecular Hbond substituents is 1. The first-order valence-electron chi connectivity index (χ1n) is 6.49. The fourth-order valence-electron chi connectivity index (χ4n) is 2.38. The fourth-order valence-corrected chi connectivity index (χ4v) is 3.47. The summed E-state index contributed by atoms with van der Waals surface area (Å²) in [6.45, 7) is 0. The molecule has 3 heteroatoms. The predicted octanol–water partition coefficient (Wildman–Crippen LogP) is 5.94. The molecule has 21 heavy (non-hydrogen) atoms. The number of phenols is 1. The molecular formula is C18H12I2O. The van der Waals surface area contributed by atoms with Crippen molar-refractivity contribution in [3.05, 3.63) is 73.9 Å². The Kier molecular flexibility index (Phi) is 4.49. The molecule has 3 aromatic carbocycles. The van der Waals surface area contributed by atoms with Crippen molar-refractivity contribution >= 4 is 45.2 Å². The molecule has 0 bridgehead atoms. The SMILES string of the molecule is Oc1cccc(-c2cccc(I)c2)c1-c1cccc(I)c1. The Bertz CT molecular complexity index is 797. The summed E-state index contributed by atoms with van der Waals surface area (Å²) in [4.78, 5) is 0. The Morgan fingerprint density at radius 2 is 1.24 bits per heavy atom. The van der Waals surface area contributed by atoms with Gasteiger partial charge in [-0.25, -0.2) is 0 Å². The van der Waals surface area contributed by atoms with Crippen molar-refractivity contribution < 1.29 is 5.11 Å². The van der Waals surface area contributed by atoms with Crippen molar-refractivity contribution in [2.75, 3.05) is 0 Å². The van der Waals surface area contributed by atoms with Crippen molar-refractivity contribution in [1.29, 1.82) is 0 Å². The molecule has 104 valence electrons. The molecule has 0 aliphatic heterocycles. The van der Waals surface area contributed by atoms with Crippen LogP contribution in [0, 0.1) is 7.14 Å². The molecule has 0 radical (unpaired) electrons. The average molecular weight is 498 g/mol. The van der Waals surface area contributed by atoms with E-state index in [1.165, 1.54) is 3.57 Å². The molecule has 0 saturated heterocycles. The van der Waals surface area contributed by atoms with Gasteiger partial charge in [-0.05, 0) is 92.2 Å². The molecule has 1 nitrogen and oxygen atoms in total. The van der Waals surface area contributed by atoms with Gasteiger partial charge in [-0.1, -0.05) is 36.4 Å². The number of hydrogen-bond donors (Lipinski definition) is 1. The van der Waals surface area contributed by atoms with Crippen LogP contribution in [0.25, 0.3) is 22.3 Å². The smallest absolute Gasteiger partial charge is 0.124 e. The summed E-state index contributed by atoms with van der Waals surface area (Å²) >= 11 is 4.60. The second kappa shape index (κ2) is 6.36. The Morgan fingerprint density at radius 3 is 1.90 bits per heavy atom. The molecule has 3 rings (SSSR count). The maximum absolute atomic E-state index is 10.4. The lowest BCUT2D eigenvalue weighted by molar-refractivity contribution is 0.477. The summed E-state index contributed by atoms with van der Waals surface area (Å²) in [6.07, 6.45) is 0. The van der Waals surface area contributed by atoms with Crippen LogP contribution in [0.2, 0.25) is 0 Å². The minimum absolute atomic E-state index is 0.313. The minimum atomic E-state index is 0.313. The molecule has 0 heterocycles. The minimum Gasteiger partial charge on any atom is -0.507 e. The van der Waals surface area contributed by atoms with Crippen LogP contribution in [0.1, 0.15) is 0 Å². The van der Waals surface area contributed by atoms with E-state index in [2.05, 4.69) is 81.6 Å². The molecule has 0 unspecified atom stereocenters. The van der Waals surface area contributed by atoms with Gasteiger partial charge in [0.1, 0.15) is 5.75 Å². The van der Waals surface area contributed by atoms with E-state index >= 15 is 0 Å². The van der Waals surface area contributed by atoms with Gasteiger partial charge in [0.05, 0.1) is 0 Å². The molecule has 1 N–H and O–H groups in total. The predicted molar refractivity (Wildman–Crippen MR) is 104 cm³/mol. The molecule has 0 spiro atoms. The van der Waals surface area contributed by atoms with Crippen molar-refractivity contribution in [3.63, 3.8) is 0 Å². The topological polar surface area (TPSA) is 20.2 Å². The Labute approximate surface area is 151 Å². The Hall–Kier alpha value is -1.08. The standard InChI is InChI=1S/C18H12I2O/c19-14-6-1-4-12(10-14)16-8-3-9-17(21)18(16)13-5-2-7-15(20)11-13/h1-11,21H. The summed E-state index contributed by atoms with van der Waals surface area (Å²) in [6, 6.07) is 22.2. The summed E-state index contributed by atoms with van der Waals surface area (Å²) in [7, 11) is 0. The summed E-state index contributed by atoms with van der Waals surface area (Å²) in [5.41, 5.74) is 4.09. The highest BCUT2D eigenvalue weighted by atomic mass is 127. The first-order valence-corrected chi connectivity index (χ1v) is 8.65. The molecular weight excluding hydrogens is 486 g/mol. The van der Waals surface area contributed by atoms with E-state index in [4.69, 9.17) is 0 Å². The lowest BCUT2D eigenvalue weighted by Crippen LogP contribution is -1.87. The zero-order valence-electron chi connectivity index (χ0n) is 11.1. The van der Waals surface area contributed by atoms with Crippen molar-refractivity contribution in [1.82, 2.24) is 0 Å². The van der Waals surface area contributed by atoms with Gasteiger partial charge in [0, 0.05) is 12.7 Å². The molecule has 0 amide bonds. The molecule has 0 atom stereocenters. The summed E-state index contributed by atoms with van der Waals surface area (Å²) in [5.74, 6) is 0.313. The molecule has 0 aliphatic carbocycles. The van der Waals surface area contributed by atoms with Crippen molar-refractivity contribution in [2.24, 2.45) is 0 Å². The van der Waals surface area contributed by atoms with Crippen LogP contribution in [0.5, 0.6) is 5.75 Å². The highest BCUT2D eigenvalue weighted by Gasteiger charge is 2.12. The second-order valence-corrected chi connectivity index (χ2v) is 7.21. The van der Waals surface area contributed by atoms with E-state index in [1.54, 1.807) is 6.07 Å². The van der Waals surface area contributed by atoms with Gasteiger partial charge in [0.15, 0.2) is 0 Å². The van der Waals surface area contributed by atoms with E-state index in [-0.39, 0.29) is 0 Å². The first kappa shape index (κ1) is 14.8. The van der Waals surface area contributed by atoms with E-state index in [0.29, 0.717) is 5.75 Å². The lowest BCUT2D eigenvalue weighted by atomic mass is 9.94. The maximum atomic E-state index is 10.4. The van der Waals surface area contributed by atoms with E-state index < -0.39 is 0 Å². The van der Waals surface area contributed by atoms with Crippen LogP contribution >= 0.6 is 45.2 Å². The van der Waals surface area contributed by atoms with Crippen molar-refractivity contribution in [2.45, 2.75) is 0 Å². The highest BCUT2D eigenvalue weighted by Crippen LogP contribution is 2.39. The quantitative estimate of drug-likeness (QED) is 0.435. The Morgan fingerprint density at radius 1 is 0.667 bits per heavy atom. The van der Waals surface area contributed by atoms with Gasteiger partial charge in [-0.15, -0.1) is 0 Å². The van der Waals surface area contributed by atoms with Crippen LogP contribution in [0.4, 0.5) is 0 Å². The Balaban J connectivity index is 2.25. The van der Waals surface area contributed by atoms with E-state index in [9.17, 15) is 5.11 Å². The van der Waals surface area contributed by atoms with Crippen LogP contribution in [0.15, 0.2) is 66.7 Å². The number of benzene rings is 3. The van der Waals surface area contributed by atoms with Gasteiger partial charge in [-0.2, -0.15) is 0 Å². The maximum Gasteiger partial charge on any atom is 0.124 e. The molecule has 3 aromatic rings. The van der Waals surface area contributed by atoms with E-state index in [1.807, 2.05) is 24.3 Å². The number of hydrogen-bond acceptors (Lipinski definition) is 1. The fraction of sp³-hybridized carbons (Fsp3) is 0. The van der Waals surface area contributed by atoms with Crippen LogP contribution in [-0.2, 0) is 0 Å². The number of aromatic hydroxyl groups is 1. The van der Waals surface area contributed by atoms with E-state index in [0.717, 1.165) is 25.8 Å². The third kappa shape index (κ3) is 3.23. The molecule has 0 fully saturated rings. The second-order valence-electron chi connectivity index (χ2n) is 4.72. The van der Waals surface area contributed by atoms with Crippen LogP contribution in [-0.4, -0.2) is 5.11 Å². The van der Waals surface area contributed by atoms with Gasteiger partial charge in [-0.3, -0.25) is 0 Å². The van der Waals surface area contributed by atoms with Gasteiger partial charge in [0.2, 0.25) is 0 Å². The zero-order chi connectivity index (χ0) is 14.8. The highest BCUT2D eigenvalue weighted by molar-refractivity contribution is 14.1. The first-order chi connectivity index (χ1) is 10.1. The van der Waals surface area contributed by atoms with Gasteiger partial charge in [0.25, 0.3) is 0 Å². The number of rotatable bonds is 2. The molecule has 0 saturated carbocycles. The van der Waals surface area contributed by atoms with Gasteiger partial charge < -0.3 is 5.11 Å². The van der Waals surface area contributed by atoms with Crippen LogP contribution in [0.3, 0.4) is 0 Å². The lowest BCUT2D eigenvalue weighted by Gasteiger charge is -2.13. The zero-order valence-corrected chi connectivity index (χ0v) is 15.4. The van der Waals surface area contributed by atoms with Gasteiger partial charge >= 0.3 is 0 Å². The monoisotopic (exact) mass is 498 g/mol. The van der Waals surface area contributed by atoms with Crippen LogP contribution < -0.4 is 0 Å². The number of halogens is 2. The van der Waals surface area contributed by atoms with Crippen molar-refractivity contribution in [3.8, 4) is 28.0 Å². The molecule has 0 aliphatic rings. The third-order valence-electron chi connectivity index (χ3n) is 3.29.